The molecule has 3 rings (SSSR count). The molecule has 1 aromatic heterocycles. The Morgan fingerprint density at radius 1 is 1.05 bits per heavy atom. The monoisotopic (exact) mass is 336 g/mol. The predicted octanol–water partition coefficient (Wildman–Crippen LogP) is 4.88. The van der Waals surface area contributed by atoms with Crippen molar-refractivity contribution in [1.82, 2.24) is 0 Å². The maximum absolute atomic E-state index is 13.2. The Bertz CT molecular complexity index is 721. The van der Waals surface area contributed by atoms with Crippen LogP contribution in [-0.4, -0.2) is 5.11 Å². The highest BCUT2D eigenvalue weighted by molar-refractivity contribution is 9.10. The first kappa shape index (κ1) is 12.8. The Labute approximate surface area is 122 Å². The summed E-state index contributed by atoms with van der Waals surface area (Å²) in [5.41, 5.74) is 0.829. The van der Waals surface area contributed by atoms with Crippen molar-refractivity contribution in [1.29, 1.82) is 0 Å². The van der Waals surface area contributed by atoms with Crippen molar-refractivity contribution in [2.75, 3.05) is 0 Å². The van der Waals surface area contributed by atoms with E-state index >= 15 is 0 Å². The molecule has 4 heteroatoms. The molecule has 0 amide bonds. The number of benzene rings is 2. The van der Waals surface area contributed by atoms with Crippen molar-refractivity contribution >= 4 is 37.4 Å². The standard InChI is InChI=1S/C15H10BrFOS/c16-11-4-1-9(2-5-11)15(18)14-7-10-3-6-12(17)8-13(10)19-14/h1-8,15,18H. The third-order valence-electron chi connectivity index (χ3n) is 2.96. The Hall–Kier alpha value is -1.23. The van der Waals surface area contributed by atoms with E-state index in [-0.39, 0.29) is 5.82 Å². The fraction of sp³-hybridized carbons (Fsp3) is 0.0667. The van der Waals surface area contributed by atoms with E-state index in [1.54, 1.807) is 6.07 Å². The SMILES string of the molecule is OC(c1ccc(Br)cc1)c1cc2ccc(F)cc2s1. The van der Waals surface area contributed by atoms with Gasteiger partial charge in [0.15, 0.2) is 0 Å². The molecule has 96 valence electrons. The van der Waals surface area contributed by atoms with Gasteiger partial charge in [0, 0.05) is 14.0 Å². The molecule has 0 saturated heterocycles. The van der Waals surface area contributed by atoms with Gasteiger partial charge >= 0.3 is 0 Å². The molecular formula is C15H10BrFOS. The van der Waals surface area contributed by atoms with E-state index in [0.717, 1.165) is 25.0 Å². The molecule has 3 aromatic rings. The topological polar surface area (TPSA) is 20.2 Å². The minimum absolute atomic E-state index is 0.251. The van der Waals surface area contributed by atoms with Gasteiger partial charge in [-0.3, -0.25) is 0 Å². The summed E-state index contributed by atoms with van der Waals surface area (Å²) in [6, 6.07) is 14.1. The van der Waals surface area contributed by atoms with E-state index in [4.69, 9.17) is 0 Å². The number of halogens is 2. The second kappa shape index (κ2) is 5.04. The van der Waals surface area contributed by atoms with Crippen LogP contribution in [0.5, 0.6) is 0 Å². The van der Waals surface area contributed by atoms with Crippen LogP contribution < -0.4 is 0 Å². The first-order valence-electron chi connectivity index (χ1n) is 5.76. The number of rotatable bonds is 2. The zero-order valence-electron chi connectivity index (χ0n) is 9.81. The summed E-state index contributed by atoms with van der Waals surface area (Å²) in [5, 5.41) is 11.3. The molecule has 1 heterocycles. The van der Waals surface area contributed by atoms with Crippen LogP contribution in [0.15, 0.2) is 53.0 Å². The van der Waals surface area contributed by atoms with Gasteiger partial charge in [-0.1, -0.05) is 34.1 Å². The zero-order valence-corrected chi connectivity index (χ0v) is 12.2. The third kappa shape index (κ3) is 2.56. The molecule has 1 N–H and O–H groups in total. The van der Waals surface area contributed by atoms with Gasteiger partial charge in [0.25, 0.3) is 0 Å². The lowest BCUT2D eigenvalue weighted by Gasteiger charge is -2.08. The Balaban J connectivity index is 2.01. The molecule has 0 aliphatic carbocycles. The van der Waals surface area contributed by atoms with Gasteiger partial charge in [0.05, 0.1) is 0 Å². The van der Waals surface area contributed by atoms with Crippen molar-refractivity contribution in [3.05, 3.63) is 69.3 Å². The van der Waals surface area contributed by atoms with Gasteiger partial charge < -0.3 is 5.11 Å². The van der Waals surface area contributed by atoms with Crippen LogP contribution >= 0.6 is 27.3 Å². The first-order valence-corrected chi connectivity index (χ1v) is 7.37. The zero-order chi connectivity index (χ0) is 13.4. The Kier molecular flexibility index (Phi) is 3.39. The molecule has 2 aromatic carbocycles. The van der Waals surface area contributed by atoms with Crippen LogP contribution in [-0.2, 0) is 0 Å². The number of thiophene rings is 1. The van der Waals surface area contributed by atoms with Gasteiger partial charge in [0.2, 0.25) is 0 Å². The van der Waals surface area contributed by atoms with E-state index in [2.05, 4.69) is 15.9 Å². The van der Waals surface area contributed by atoms with Crippen LogP contribution in [0.4, 0.5) is 4.39 Å². The van der Waals surface area contributed by atoms with E-state index < -0.39 is 6.10 Å². The molecule has 0 aliphatic rings. The molecule has 1 atom stereocenters. The third-order valence-corrected chi connectivity index (χ3v) is 4.64. The first-order chi connectivity index (χ1) is 9.13. The summed E-state index contributed by atoms with van der Waals surface area (Å²) in [6.45, 7) is 0. The van der Waals surface area contributed by atoms with Gasteiger partial charge in [-0.25, -0.2) is 4.39 Å². The quantitative estimate of drug-likeness (QED) is 0.706. The maximum atomic E-state index is 13.2. The molecule has 0 spiro atoms. The smallest absolute Gasteiger partial charge is 0.124 e. The van der Waals surface area contributed by atoms with Crippen LogP contribution in [0.1, 0.15) is 16.5 Å². The average Bonchev–Trinajstić information content (AvgIpc) is 2.81. The van der Waals surface area contributed by atoms with Crippen LogP contribution in [0.2, 0.25) is 0 Å². The molecule has 0 radical (unpaired) electrons. The highest BCUT2D eigenvalue weighted by Crippen LogP contribution is 2.33. The second-order valence-electron chi connectivity index (χ2n) is 4.29. The summed E-state index contributed by atoms with van der Waals surface area (Å²) >= 11 is 4.78. The minimum Gasteiger partial charge on any atom is -0.383 e. The molecule has 1 nitrogen and oxygen atoms in total. The van der Waals surface area contributed by atoms with E-state index in [0.29, 0.717) is 0 Å². The van der Waals surface area contributed by atoms with Crippen molar-refractivity contribution in [3.63, 3.8) is 0 Å². The lowest BCUT2D eigenvalue weighted by Crippen LogP contribution is -1.96. The maximum Gasteiger partial charge on any atom is 0.124 e. The Morgan fingerprint density at radius 3 is 2.53 bits per heavy atom. The number of aliphatic hydroxyl groups is 1. The van der Waals surface area contributed by atoms with Crippen LogP contribution in [0, 0.1) is 5.82 Å². The Morgan fingerprint density at radius 2 is 1.79 bits per heavy atom. The molecule has 0 saturated carbocycles. The highest BCUT2D eigenvalue weighted by Gasteiger charge is 2.13. The summed E-state index contributed by atoms with van der Waals surface area (Å²) in [6.07, 6.45) is -0.673. The van der Waals surface area contributed by atoms with Crippen molar-refractivity contribution in [2.24, 2.45) is 0 Å². The van der Waals surface area contributed by atoms with Gasteiger partial charge in [-0.2, -0.15) is 0 Å². The normalized spacial score (nSPS) is 12.8. The van der Waals surface area contributed by atoms with E-state index in [1.807, 2.05) is 30.3 Å². The van der Waals surface area contributed by atoms with Gasteiger partial charge in [-0.05, 0) is 41.3 Å². The summed E-state index contributed by atoms with van der Waals surface area (Å²) in [7, 11) is 0. The largest absolute Gasteiger partial charge is 0.383 e. The van der Waals surface area contributed by atoms with Crippen LogP contribution in [0.3, 0.4) is 0 Å². The summed E-state index contributed by atoms with van der Waals surface area (Å²) < 4.78 is 15.0. The lowest BCUT2D eigenvalue weighted by molar-refractivity contribution is 0.224. The fourth-order valence-corrected chi connectivity index (χ4v) is 3.34. The van der Waals surface area contributed by atoms with Gasteiger partial charge in [0.1, 0.15) is 11.9 Å². The van der Waals surface area contributed by atoms with Crippen molar-refractivity contribution < 1.29 is 9.50 Å². The lowest BCUT2D eigenvalue weighted by atomic mass is 10.1. The number of hydrogen-bond donors (Lipinski definition) is 1. The summed E-state index contributed by atoms with van der Waals surface area (Å²) in [4.78, 5) is 0.822. The van der Waals surface area contributed by atoms with Crippen molar-refractivity contribution in [2.45, 2.75) is 6.10 Å². The van der Waals surface area contributed by atoms with E-state index in [1.165, 1.54) is 23.5 Å². The second-order valence-corrected chi connectivity index (χ2v) is 6.32. The van der Waals surface area contributed by atoms with E-state index in [9.17, 15) is 9.50 Å². The number of aliphatic hydroxyl groups excluding tert-OH is 1. The number of hydrogen-bond acceptors (Lipinski definition) is 2. The number of fused-ring (bicyclic) bond motifs is 1. The van der Waals surface area contributed by atoms with Crippen molar-refractivity contribution in [3.8, 4) is 0 Å². The van der Waals surface area contributed by atoms with Crippen LogP contribution in [0.25, 0.3) is 10.1 Å². The molecule has 0 fully saturated rings. The molecule has 0 aliphatic heterocycles. The summed E-state index contributed by atoms with van der Waals surface area (Å²) in [5.74, 6) is -0.251. The fourth-order valence-electron chi connectivity index (χ4n) is 1.97. The average molecular weight is 337 g/mol. The molecule has 19 heavy (non-hydrogen) atoms. The molecule has 0 bridgehead atoms. The predicted molar refractivity (Wildman–Crippen MR) is 80.0 cm³/mol. The molecular weight excluding hydrogens is 327 g/mol. The molecule has 1 unspecified atom stereocenters. The highest BCUT2D eigenvalue weighted by atomic mass is 79.9. The van der Waals surface area contributed by atoms with Gasteiger partial charge in [-0.15, -0.1) is 11.3 Å². The minimum atomic E-state index is -0.673.